The lowest BCUT2D eigenvalue weighted by Gasteiger charge is -2.08. The molecule has 0 aromatic rings. The van der Waals surface area contributed by atoms with Gasteiger partial charge < -0.3 is 15.5 Å². The van der Waals surface area contributed by atoms with Crippen molar-refractivity contribution in [2.45, 2.75) is 123 Å². The number of halogens is 1. The van der Waals surface area contributed by atoms with Crippen molar-refractivity contribution in [2.24, 2.45) is 5.92 Å². The molecule has 0 saturated carbocycles. The largest absolute Gasteiger partial charge is 0.394 e. The maximum absolute atomic E-state index is 9.20. The van der Waals surface area contributed by atoms with E-state index < -0.39 is 6.10 Å². The van der Waals surface area contributed by atoms with Gasteiger partial charge in [0.2, 0.25) is 0 Å². The van der Waals surface area contributed by atoms with Gasteiger partial charge in [-0.2, -0.15) is 0 Å². The van der Waals surface area contributed by atoms with Crippen LogP contribution >= 0.6 is 12.4 Å². The predicted molar refractivity (Wildman–Crippen MR) is 122 cm³/mol. The lowest BCUT2D eigenvalue weighted by atomic mass is 10.0. The van der Waals surface area contributed by atoms with Crippen molar-refractivity contribution in [3.63, 3.8) is 0 Å². The zero-order valence-electron chi connectivity index (χ0n) is 18.4. The molecule has 0 fully saturated rings. The highest BCUT2D eigenvalue weighted by molar-refractivity contribution is 5.85. The Morgan fingerprint density at radius 1 is 0.630 bits per heavy atom. The van der Waals surface area contributed by atoms with Gasteiger partial charge in [-0.25, -0.2) is 0 Å². The maximum Gasteiger partial charge on any atom is 0.0894 e. The molecule has 0 aromatic carbocycles. The van der Waals surface area contributed by atoms with E-state index in [2.05, 4.69) is 19.2 Å². The fourth-order valence-corrected chi connectivity index (χ4v) is 3.43. The molecule has 0 amide bonds. The first-order valence-electron chi connectivity index (χ1n) is 11.7. The number of nitrogens with one attached hydrogen (secondary N) is 1. The van der Waals surface area contributed by atoms with Crippen molar-refractivity contribution in [1.82, 2.24) is 5.32 Å². The number of aliphatic hydroxyl groups excluding tert-OH is 2. The summed E-state index contributed by atoms with van der Waals surface area (Å²) in [4.78, 5) is 0. The molecule has 166 valence electrons. The molecular formula is C23H50ClNO2. The molecule has 0 aliphatic heterocycles. The van der Waals surface area contributed by atoms with Crippen molar-refractivity contribution in [2.75, 3.05) is 19.7 Å². The third-order valence-electron chi connectivity index (χ3n) is 5.23. The van der Waals surface area contributed by atoms with Crippen molar-refractivity contribution in [3.05, 3.63) is 0 Å². The molecule has 0 spiro atoms. The number of aliphatic hydroxyl groups is 2. The second-order valence-electron chi connectivity index (χ2n) is 8.53. The van der Waals surface area contributed by atoms with Gasteiger partial charge in [0.25, 0.3) is 0 Å². The predicted octanol–water partition coefficient (Wildman–Crippen LogP) is 6.25. The molecule has 0 saturated heterocycles. The Balaban J connectivity index is 0. The molecule has 0 rings (SSSR count). The van der Waals surface area contributed by atoms with E-state index in [0.717, 1.165) is 12.5 Å². The van der Waals surface area contributed by atoms with Crippen LogP contribution in [0.4, 0.5) is 0 Å². The molecule has 3 nitrogen and oxygen atoms in total. The summed E-state index contributed by atoms with van der Waals surface area (Å²) >= 11 is 0. The molecule has 0 radical (unpaired) electrons. The van der Waals surface area contributed by atoms with Gasteiger partial charge in [-0.05, 0) is 18.9 Å². The molecule has 0 heterocycles. The summed E-state index contributed by atoms with van der Waals surface area (Å²) in [5.41, 5.74) is 0. The molecule has 1 atom stereocenters. The molecule has 0 aliphatic carbocycles. The standard InChI is InChI=1S/C23H49NO2.ClH/c1-22(2)18-16-14-12-10-8-6-4-3-5-7-9-11-13-15-17-19-24-20-23(26)21-25;/h22-26H,3-21H2,1-2H3;1H. The number of hydrogen-bond acceptors (Lipinski definition) is 3. The van der Waals surface area contributed by atoms with Crippen LogP contribution in [0.2, 0.25) is 0 Å². The summed E-state index contributed by atoms with van der Waals surface area (Å²) in [5, 5.41) is 21.1. The summed E-state index contributed by atoms with van der Waals surface area (Å²) in [6.45, 7) is 5.97. The summed E-state index contributed by atoms with van der Waals surface area (Å²) < 4.78 is 0. The van der Waals surface area contributed by atoms with Crippen LogP contribution in [0.15, 0.2) is 0 Å². The minimum atomic E-state index is -0.607. The monoisotopic (exact) mass is 407 g/mol. The van der Waals surface area contributed by atoms with E-state index in [0.29, 0.717) is 6.54 Å². The molecule has 0 aromatic heterocycles. The Morgan fingerprint density at radius 2 is 1.00 bits per heavy atom. The fraction of sp³-hybridized carbons (Fsp3) is 1.00. The molecule has 0 aliphatic rings. The van der Waals surface area contributed by atoms with Crippen LogP contribution in [-0.4, -0.2) is 36.0 Å². The molecule has 0 bridgehead atoms. The first-order chi connectivity index (χ1) is 12.7. The summed E-state index contributed by atoms with van der Waals surface area (Å²) in [6, 6.07) is 0. The number of unbranched alkanes of at least 4 members (excludes halogenated alkanes) is 14. The van der Waals surface area contributed by atoms with E-state index >= 15 is 0 Å². The van der Waals surface area contributed by atoms with E-state index in [4.69, 9.17) is 5.11 Å². The van der Waals surface area contributed by atoms with Gasteiger partial charge in [0.1, 0.15) is 0 Å². The van der Waals surface area contributed by atoms with Gasteiger partial charge in [0, 0.05) is 6.54 Å². The maximum atomic E-state index is 9.20. The first-order valence-corrected chi connectivity index (χ1v) is 11.7. The molecule has 1 unspecified atom stereocenters. The Kier molecular flexibility index (Phi) is 26.3. The average molecular weight is 408 g/mol. The molecule has 3 N–H and O–H groups in total. The third-order valence-corrected chi connectivity index (χ3v) is 5.23. The van der Waals surface area contributed by atoms with E-state index in [9.17, 15) is 5.11 Å². The van der Waals surface area contributed by atoms with Crippen molar-refractivity contribution < 1.29 is 10.2 Å². The van der Waals surface area contributed by atoms with E-state index in [1.165, 1.54) is 103 Å². The van der Waals surface area contributed by atoms with Gasteiger partial charge in [-0.1, -0.05) is 110 Å². The lowest BCUT2D eigenvalue weighted by molar-refractivity contribution is 0.0945. The van der Waals surface area contributed by atoms with Crippen LogP contribution < -0.4 is 5.32 Å². The van der Waals surface area contributed by atoms with E-state index in [1.807, 2.05) is 0 Å². The quantitative estimate of drug-likeness (QED) is 0.197. The lowest BCUT2D eigenvalue weighted by Crippen LogP contribution is -2.29. The average Bonchev–Trinajstić information content (AvgIpc) is 2.63. The minimum Gasteiger partial charge on any atom is -0.394 e. The third kappa shape index (κ3) is 26.2. The normalized spacial score (nSPS) is 12.3. The highest BCUT2D eigenvalue weighted by atomic mass is 35.5. The van der Waals surface area contributed by atoms with Gasteiger partial charge in [-0.15, -0.1) is 12.4 Å². The number of hydrogen-bond donors (Lipinski definition) is 3. The van der Waals surface area contributed by atoms with Gasteiger partial charge >= 0.3 is 0 Å². The minimum absolute atomic E-state index is 0. The zero-order chi connectivity index (χ0) is 19.3. The van der Waals surface area contributed by atoms with Crippen molar-refractivity contribution in [1.29, 1.82) is 0 Å². The SMILES string of the molecule is CC(C)CCCCCCCCCCCCCCCCCNCC(O)CO.Cl. The molecule has 4 heteroatoms. The summed E-state index contributed by atoms with van der Waals surface area (Å²) in [6.07, 6.45) is 21.7. The van der Waals surface area contributed by atoms with Crippen LogP contribution in [0.5, 0.6) is 0 Å². The van der Waals surface area contributed by atoms with Crippen LogP contribution in [0.3, 0.4) is 0 Å². The Morgan fingerprint density at radius 3 is 1.37 bits per heavy atom. The highest BCUT2D eigenvalue weighted by Crippen LogP contribution is 2.14. The smallest absolute Gasteiger partial charge is 0.0894 e. The summed E-state index contributed by atoms with van der Waals surface area (Å²) in [5.74, 6) is 0.879. The van der Waals surface area contributed by atoms with Crippen molar-refractivity contribution in [3.8, 4) is 0 Å². The van der Waals surface area contributed by atoms with Crippen LogP contribution in [0.1, 0.15) is 117 Å². The Labute approximate surface area is 176 Å². The van der Waals surface area contributed by atoms with E-state index in [-0.39, 0.29) is 19.0 Å². The molecular weight excluding hydrogens is 358 g/mol. The Hall–Kier alpha value is 0.170. The fourth-order valence-electron chi connectivity index (χ4n) is 3.43. The Bertz CT molecular complexity index is 265. The first kappa shape index (κ1) is 29.4. The van der Waals surface area contributed by atoms with E-state index in [1.54, 1.807) is 0 Å². The van der Waals surface area contributed by atoms with Gasteiger partial charge in [0.15, 0.2) is 0 Å². The zero-order valence-corrected chi connectivity index (χ0v) is 19.2. The van der Waals surface area contributed by atoms with Crippen LogP contribution in [0, 0.1) is 5.92 Å². The second-order valence-corrected chi connectivity index (χ2v) is 8.53. The number of rotatable bonds is 21. The van der Waals surface area contributed by atoms with Crippen LogP contribution in [0.25, 0.3) is 0 Å². The highest BCUT2D eigenvalue weighted by Gasteiger charge is 1.99. The molecule has 27 heavy (non-hydrogen) atoms. The summed E-state index contributed by atoms with van der Waals surface area (Å²) in [7, 11) is 0. The van der Waals surface area contributed by atoms with Crippen molar-refractivity contribution >= 4 is 12.4 Å². The van der Waals surface area contributed by atoms with Crippen LogP contribution in [-0.2, 0) is 0 Å². The van der Waals surface area contributed by atoms with Gasteiger partial charge in [-0.3, -0.25) is 0 Å². The topological polar surface area (TPSA) is 52.5 Å². The second kappa shape index (κ2) is 24.2. The van der Waals surface area contributed by atoms with Gasteiger partial charge in [0.05, 0.1) is 12.7 Å².